The molecule has 1 saturated carbocycles. The number of nitrogens with zero attached hydrogens (tertiary/aromatic N) is 2. The van der Waals surface area contributed by atoms with Gasteiger partial charge in [0.1, 0.15) is 0 Å². The van der Waals surface area contributed by atoms with E-state index >= 15 is 0 Å². The van der Waals surface area contributed by atoms with Crippen molar-refractivity contribution in [3.8, 4) is 0 Å². The Balaban J connectivity index is 1.80. The molecule has 0 spiro atoms. The van der Waals surface area contributed by atoms with E-state index in [0.29, 0.717) is 11.0 Å². The van der Waals surface area contributed by atoms with Crippen molar-refractivity contribution in [3.05, 3.63) is 15.5 Å². The lowest BCUT2D eigenvalue weighted by Gasteiger charge is -2.19. The van der Waals surface area contributed by atoms with Gasteiger partial charge in [-0.1, -0.05) is 24.4 Å². The number of imide groups is 1. The summed E-state index contributed by atoms with van der Waals surface area (Å²) in [5.41, 5.74) is 0. The fourth-order valence-electron chi connectivity index (χ4n) is 2.90. The molecular formula is C12H13ClN2O2S. The summed E-state index contributed by atoms with van der Waals surface area (Å²) < 4.78 is 0.446. The zero-order chi connectivity index (χ0) is 12.7. The van der Waals surface area contributed by atoms with Gasteiger partial charge in [0, 0.05) is 11.1 Å². The molecule has 2 heterocycles. The molecule has 1 saturated heterocycles. The van der Waals surface area contributed by atoms with Crippen LogP contribution in [-0.4, -0.2) is 21.7 Å². The van der Waals surface area contributed by atoms with Gasteiger partial charge >= 0.3 is 0 Å². The highest BCUT2D eigenvalue weighted by Gasteiger charge is 2.47. The number of hydrogen-bond acceptors (Lipinski definition) is 4. The van der Waals surface area contributed by atoms with E-state index in [2.05, 4.69) is 4.98 Å². The maximum absolute atomic E-state index is 12.2. The molecule has 6 heteroatoms. The highest BCUT2D eigenvalue weighted by atomic mass is 35.5. The van der Waals surface area contributed by atoms with E-state index in [1.54, 1.807) is 6.20 Å². The summed E-state index contributed by atoms with van der Waals surface area (Å²) in [6.07, 6.45) is 5.46. The number of carbonyl (C=O) groups excluding carboxylic acids is 2. The molecule has 1 aromatic rings. The second-order valence-corrected chi connectivity index (χ2v) is 6.54. The van der Waals surface area contributed by atoms with Crippen molar-refractivity contribution >= 4 is 34.8 Å². The maximum Gasteiger partial charge on any atom is 0.233 e. The minimum absolute atomic E-state index is 0.00535. The second kappa shape index (κ2) is 4.63. The molecule has 2 amide bonds. The summed E-state index contributed by atoms with van der Waals surface area (Å²) >= 11 is 7.08. The highest BCUT2D eigenvalue weighted by Crippen LogP contribution is 2.38. The van der Waals surface area contributed by atoms with Gasteiger partial charge in [0.05, 0.1) is 18.4 Å². The Kier molecular flexibility index (Phi) is 3.11. The van der Waals surface area contributed by atoms with Crippen molar-refractivity contribution in [2.24, 2.45) is 11.8 Å². The number of hydrogen-bond donors (Lipinski definition) is 0. The number of likely N-dealkylation sites (tertiary alicyclic amines) is 1. The van der Waals surface area contributed by atoms with Crippen molar-refractivity contribution < 1.29 is 9.59 Å². The van der Waals surface area contributed by atoms with Crippen LogP contribution in [0.4, 0.5) is 0 Å². The standard InChI is InChI=1S/C12H13ClN2O2S/c13-12-14-5-7(18-12)6-15-10(16)8-3-1-2-4-9(8)11(15)17/h5,8-9H,1-4,6H2/t8-,9-/m1/s1. The van der Waals surface area contributed by atoms with Crippen molar-refractivity contribution in [2.45, 2.75) is 32.2 Å². The lowest BCUT2D eigenvalue weighted by molar-refractivity contribution is -0.140. The molecule has 2 atom stereocenters. The minimum atomic E-state index is -0.0744. The van der Waals surface area contributed by atoms with Gasteiger partial charge in [-0.2, -0.15) is 0 Å². The Morgan fingerprint density at radius 2 is 1.89 bits per heavy atom. The van der Waals surface area contributed by atoms with Crippen LogP contribution in [0.25, 0.3) is 0 Å². The molecule has 0 aromatic carbocycles. The first-order valence-corrected chi connectivity index (χ1v) is 7.31. The molecule has 0 bridgehead atoms. The molecule has 3 rings (SSSR count). The lowest BCUT2D eigenvalue weighted by atomic mass is 9.81. The van der Waals surface area contributed by atoms with Crippen LogP contribution < -0.4 is 0 Å². The smallest absolute Gasteiger partial charge is 0.233 e. The van der Waals surface area contributed by atoms with Crippen LogP contribution in [-0.2, 0) is 16.1 Å². The van der Waals surface area contributed by atoms with Gasteiger partial charge in [-0.25, -0.2) is 4.98 Å². The average Bonchev–Trinajstić information content (AvgIpc) is 2.88. The number of aromatic nitrogens is 1. The highest BCUT2D eigenvalue weighted by molar-refractivity contribution is 7.15. The number of rotatable bonds is 2. The number of amides is 2. The SMILES string of the molecule is O=C1[C@@H]2CCCC[C@H]2C(=O)N1Cc1cnc(Cl)s1. The first kappa shape index (κ1) is 12.1. The van der Waals surface area contributed by atoms with Gasteiger partial charge in [0.15, 0.2) is 4.47 Å². The Labute approximate surface area is 114 Å². The number of carbonyl (C=O) groups is 2. The van der Waals surface area contributed by atoms with Crippen LogP contribution >= 0.6 is 22.9 Å². The summed E-state index contributed by atoms with van der Waals surface area (Å²) in [4.78, 5) is 30.6. The van der Waals surface area contributed by atoms with Crippen LogP contribution in [0.5, 0.6) is 0 Å². The Morgan fingerprint density at radius 3 is 2.39 bits per heavy atom. The average molecular weight is 285 g/mol. The quantitative estimate of drug-likeness (QED) is 0.784. The predicted molar refractivity (Wildman–Crippen MR) is 68.1 cm³/mol. The molecule has 1 aliphatic carbocycles. The fourth-order valence-corrected chi connectivity index (χ4v) is 3.87. The van der Waals surface area contributed by atoms with E-state index in [4.69, 9.17) is 11.6 Å². The fraction of sp³-hybridized carbons (Fsp3) is 0.583. The molecule has 18 heavy (non-hydrogen) atoms. The molecule has 4 nitrogen and oxygen atoms in total. The molecule has 96 valence electrons. The summed E-state index contributed by atoms with van der Waals surface area (Å²) in [7, 11) is 0. The molecule has 0 N–H and O–H groups in total. The first-order valence-electron chi connectivity index (χ1n) is 6.12. The maximum atomic E-state index is 12.2. The van der Waals surface area contributed by atoms with Crippen LogP contribution in [0.2, 0.25) is 4.47 Å². The van der Waals surface area contributed by atoms with E-state index in [0.717, 1.165) is 30.6 Å². The molecule has 2 aliphatic rings. The zero-order valence-corrected chi connectivity index (χ0v) is 11.3. The summed E-state index contributed by atoms with van der Waals surface area (Å²) in [6.45, 7) is 0.328. The molecule has 1 aliphatic heterocycles. The van der Waals surface area contributed by atoms with Gasteiger partial charge < -0.3 is 0 Å². The topological polar surface area (TPSA) is 50.3 Å². The van der Waals surface area contributed by atoms with Crippen LogP contribution in [0.3, 0.4) is 0 Å². The summed E-state index contributed by atoms with van der Waals surface area (Å²) in [6, 6.07) is 0. The van der Waals surface area contributed by atoms with Gasteiger partial charge in [0.25, 0.3) is 0 Å². The summed E-state index contributed by atoms with van der Waals surface area (Å²) in [5.74, 6) is -0.160. The van der Waals surface area contributed by atoms with E-state index in [-0.39, 0.29) is 23.7 Å². The molecule has 0 unspecified atom stereocenters. The van der Waals surface area contributed by atoms with Gasteiger partial charge in [-0.3, -0.25) is 14.5 Å². The molecule has 1 aromatic heterocycles. The third kappa shape index (κ3) is 1.95. The van der Waals surface area contributed by atoms with Crippen molar-refractivity contribution in [1.29, 1.82) is 0 Å². The normalized spacial score (nSPS) is 27.7. The van der Waals surface area contributed by atoms with Gasteiger partial charge in [0.2, 0.25) is 11.8 Å². The van der Waals surface area contributed by atoms with Crippen LogP contribution in [0, 0.1) is 11.8 Å². The third-order valence-corrected chi connectivity index (χ3v) is 4.87. The van der Waals surface area contributed by atoms with Crippen molar-refractivity contribution in [3.63, 3.8) is 0 Å². The first-order chi connectivity index (χ1) is 8.66. The minimum Gasteiger partial charge on any atom is -0.277 e. The van der Waals surface area contributed by atoms with Gasteiger partial charge in [-0.15, -0.1) is 11.3 Å². The summed E-state index contributed by atoms with van der Waals surface area (Å²) in [5, 5.41) is 0. The molecule has 0 radical (unpaired) electrons. The van der Waals surface area contributed by atoms with Crippen molar-refractivity contribution in [1.82, 2.24) is 9.88 Å². The van der Waals surface area contributed by atoms with Crippen LogP contribution in [0.1, 0.15) is 30.6 Å². The van der Waals surface area contributed by atoms with E-state index in [1.165, 1.54) is 16.2 Å². The van der Waals surface area contributed by atoms with Gasteiger partial charge in [-0.05, 0) is 12.8 Å². The Bertz CT molecular complexity index is 478. The third-order valence-electron chi connectivity index (χ3n) is 3.77. The lowest BCUT2D eigenvalue weighted by Crippen LogP contribution is -2.30. The second-order valence-electron chi connectivity index (χ2n) is 4.84. The molecule has 2 fully saturated rings. The monoisotopic (exact) mass is 284 g/mol. The Morgan fingerprint density at radius 1 is 1.28 bits per heavy atom. The van der Waals surface area contributed by atoms with E-state index < -0.39 is 0 Å². The van der Waals surface area contributed by atoms with E-state index in [9.17, 15) is 9.59 Å². The number of thiazole rings is 1. The van der Waals surface area contributed by atoms with Crippen LogP contribution in [0.15, 0.2) is 6.20 Å². The van der Waals surface area contributed by atoms with Crippen molar-refractivity contribution in [2.75, 3.05) is 0 Å². The van der Waals surface area contributed by atoms with E-state index in [1.807, 2.05) is 0 Å². The predicted octanol–water partition coefficient (Wildman–Crippen LogP) is 2.47. The Hall–Kier alpha value is -0.940. The zero-order valence-electron chi connectivity index (χ0n) is 9.76. The largest absolute Gasteiger partial charge is 0.277 e. The molecular weight excluding hydrogens is 272 g/mol. The number of fused-ring (bicyclic) bond motifs is 1. The number of halogens is 1.